The summed E-state index contributed by atoms with van der Waals surface area (Å²) in [6, 6.07) is 20.7. The SMILES string of the molecule is Cc1ccc(C#Cc2ccc(C#Cc3ccc(C)cc3)c(C)c2C)cc1. The van der Waals surface area contributed by atoms with Crippen molar-refractivity contribution in [3.05, 3.63) is 105 Å². The summed E-state index contributed by atoms with van der Waals surface area (Å²) in [5.74, 6) is 13.1. The molecular weight excluding hydrogens is 312 g/mol. The van der Waals surface area contributed by atoms with E-state index in [-0.39, 0.29) is 0 Å². The first-order chi connectivity index (χ1) is 12.5. The normalized spacial score (nSPS) is 9.69. The van der Waals surface area contributed by atoms with Gasteiger partial charge in [0.05, 0.1) is 0 Å². The predicted octanol–water partition coefficient (Wildman–Crippen LogP) is 5.72. The third kappa shape index (κ3) is 4.24. The molecule has 0 aliphatic rings. The van der Waals surface area contributed by atoms with Crippen LogP contribution in [0.4, 0.5) is 0 Å². The van der Waals surface area contributed by atoms with E-state index in [1.807, 2.05) is 0 Å². The zero-order chi connectivity index (χ0) is 18.5. The number of hydrogen-bond donors (Lipinski definition) is 0. The highest BCUT2D eigenvalue weighted by Crippen LogP contribution is 2.17. The third-order valence-electron chi connectivity index (χ3n) is 4.57. The second kappa shape index (κ2) is 7.77. The molecule has 0 heterocycles. The molecule has 0 unspecified atom stereocenters. The molecule has 0 aliphatic carbocycles. The number of hydrogen-bond acceptors (Lipinski definition) is 0. The Kier molecular flexibility index (Phi) is 5.26. The quantitative estimate of drug-likeness (QED) is 0.461. The van der Waals surface area contributed by atoms with Gasteiger partial charge < -0.3 is 0 Å². The van der Waals surface area contributed by atoms with Crippen LogP contribution in [0.25, 0.3) is 0 Å². The number of benzene rings is 3. The topological polar surface area (TPSA) is 0 Å². The molecule has 3 aromatic carbocycles. The van der Waals surface area contributed by atoms with E-state index in [1.165, 1.54) is 22.3 Å². The molecule has 0 radical (unpaired) electrons. The van der Waals surface area contributed by atoms with Gasteiger partial charge in [0.15, 0.2) is 0 Å². The van der Waals surface area contributed by atoms with Gasteiger partial charge in [0.2, 0.25) is 0 Å². The van der Waals surface area contributed by atoms with Gasteiger partial charge in [-0.1, -0.05) is 59.1 Å². The van der Waals surface area contributed by atoms with Crippen LogP contribution in [0.5, 0.6) is 0 Å². The van der Waals surface area contributed by atoms with Gasteiger partial charge in [-0.25, -0.2) is 0 Å². The summed E-state index contributed by atoms with van der Waals surface area (Å²) >= 11 is 0. The fourth-order valence-corrected chi connectivity index (χ4v) is 2.64. The van der Waals surface area contributed by atoms with Gasteiger partial charge in [0, 0.05) is 22.3 Å². The van der Waals surface area contributed by atoms with Crippen LogP contribution in [0, 0.1) is 51.4 Å². The molecule has 0 atom stereocenters. The number of aryl methyl sites for hydroxylation is 2. The minimum absolute atomic E-state index is 1.04. The summed E-state index contributed by atoms with van der Waals surface area (Å²) in [5.41, 5.74) is 9.08. The maximum atomic E-state index is 3.30. The van der Waals surface area contributed by atoms with Crippen LogP contribution in [-0.2, 0) is 0 Å². The molecule has 0 fully saturated rings. The van der Waals surface area contributed by atoms with E-state index < -0.39 is 0 Å². The molecule has 0 nitrogen and oxygen atoms in total. The van der Waals surface area contributed by atoms with E-state index in [4.69, 9.17) is 0 Å². The lowest BCUT2D eigenvalue weighted by Gasteiger charge is -2.05. The molecule has 3 aromatic rings. The molecule has 126 valence electrons. The lowest BCUT2D eigenvalue weighted by Crippen LogP contribution is -1.92. The second-order valence-corrected chi connectivity index (χ2v) is 6.64. The van der Waals surface area contributed by atoms with Crippen LogP contribution in [0.2, 0.25) is 0 Å². The van der Waals surface area contributed by atoms with Crippen LogP contribution in [0.3, 0.4) is 0 Å². The van der Waals surface area contributed by atoms with Crippen molar-refractivity contribution in [2.45, 2.75) is 27.7 Å². The Morgan fingerprint density at radius 2 is 0.769 bits per heavy atom. The van der Waals surface area contributed by atoms with Crippen LogP contribution >= 0.6 is 0 Å². The molecule has 0 aliphatic heterocycles. The molecule has 0 bridgehead atoms. The zero-order valence-electron chi connectivity index (χ0n) is 15.8. The van der Waals surface area contributed by atoms with Gasteiger partial charge in [0.25, 0.3) is 0 Å². The van der Waals surface area contributed by atoms with Crippen molar-refractivity contribution in [2.75, 3.05) is 0 Å². The fourth-order valence-electron chi connectivity index (χ4n) is 2.64. The molecule has 0 heteroatoms. The van der Waals surface area contributed by atoms with Crippen LogP contribution in [-0.4, -0.2) is 0 Å². The van der Waals surface area contributed by atoms with Gasteiger partial charge in [-0.3, -0.25) is 0 Å². The Balaban J connectivity index is 1.87. The highest BCUT2D eigenvalue weighted by atomic mass is 14.1. The molecule has 0 amide bonds. The van der Waals surface area contributed by atoms with Crippen molar-refractivity contribution in [2.24, 2.45) is 0 Å². The summed E-state index contributed by atoms with van der Waals surface area (Å²) in [5, 5.41) is 0. The smallest absolute Gasteiger partial charge is 0.0281 e. The average molecular weight is 334 g/mol. The molecule has 0 N–H and O–H groups in total. The van der Waals surface area contributed by atoms with Crippen molar-refractivity contribution >= 4 is 0 Å². The van der Waals surface area contributed by atoms with Crippen molar-refractivity contribution in [1.82, 2.24) is 0 Å². The largest absolute Gasteiger partial charge is 0.0616 e. The van der Waals surface area contributed by atoms with Crippen molar-refractivity contribution < 1.29 is 0 Å². The van der Waals surface area contributed by atoms with E-state index in [2.05, 4.69) is 112 Å². The van der Waals surface area contributed by atoms with Gasteiger partial charge in [-0.05, 0) is 75.2 Å². The first-order valence-electron chi connectivity index (χ1n) is 8.80. The summed E-state index contributed by atoms with van der Waals surface area (Å²) in [4.78, 5) is 0. The molecule has 0 saturated heterocycles. The fraction of sp³-hybridized carbons (Fsp3) is 0.154. The van der Waals surface area contributed by atoms with Crippen molar-refractivity contribution in [1.29, 1.82) is 0 Å². The van der Waals surface area contributed by atoms with Gasteiger partial charge in [0.1, 0.15) is 0 Å². The van der Waals surface area contributed by atoms with Gasteiger partial charge in [-0.2, -0.15) is 0 Å². The summed E-state index contributed by atoms with van der Waals surface area (Å²) in [7, 11) is 0. The Labute approximate surface area is 156 Å². The first-order valence-corrected chi connectivity index (χ1v) is 8.80. The Morgan fingerprint density at radius 1 is 0.423 bits per heavy atom. The van der Waals surface area contributed by atoms with Crippen molar-refractivity contribution in [3.63, 3.8) is 0 Å². The zero-order valence-corrected chi connectivity index (χ0v) is 15.8. The lowest BCUT2D eigenvalue weighted by molar-refractivity contribution is 1.30. The maximum absolute atomic E-state index is 3.30. The van der Waals surface area contributed by atoms with E-state index in [9.17, 15) is 0 Å². The highest BCUT2D eigenvalue weighted by Gasteiger charge is 2.03. The predicted molar refractivity (Wildman–Crippen MR) is 110 cm³/mol. The van der Waals surface area contributed by atoms with E-state index >= 15 is 0 Å². The molecule has 0 aromatic heterocycles. The first kappa shape index (κ1) is 17.6. The minimum atomic E-state index is 1.04. The Hall–Kier alpha value is -3.22. The summed E-state index contributed by atoms with van der Waals surface area (Å²) < 4.78 is 0. The molecule has 0 saturated carbocycles. The Morgan fingerprint density at radius 3 is 1.12 bits per heavy atom. The second-order valence-electron chi connectivity index (χ2n) is 6.64. The van der Waals surface area contributed by atoms with Crippen molar-refractivity contribution in [3.8, 4) is 23.7 Å². The monoisotopic (exact) mass is 334 g/mol. The third-order valence-corrected chi connectivity index (χ3v) is 4.57. The van der Waals surface area contributed by atoms with Crippen LogP contribution in [0.1, 0.15) is 44.5 Å². The lowest BCUT2D eigenvalue weighted by atomic mass is 9.98. The number of rotatable bonds is 0. The molecule has 0 spiro atoms. The van der Waals surface area contributed by atoms with Gasteiger partial charge >= 0.3 is 0 Å². The molecule has 3 rings (SSSR count). The molecule has 26 heavy (non-hydrogen) atoms. The van der Waals surface area contributed by atoms with Gasteiger partial charge in [-0.15, -0.1) is 0 Å². The highest BCUT2D eigenvalue weighted by molar-refractivity contribution is 5.55. The van der Waals surface area contributed by atoms with E-state index in [0.717, 1.165) is 22.3 Å². The standard InChI is InChI=1S/C26H22/c1-19-5-9-23(10-6-19)13-15-25-17-18-26(22(4)21(25)3)16-14-24-11-7-20(2)8-12-24/h5-12,17-18H,1-4H3. The summed E-state index contributed by atoms with van der Waals surface area (Å²) in [6.45, 7) is 8.40. The van der Waals surface area contributed by atoms with E-state index in [0.29, 0.717) is 0 Å². The summed E-state index contributed by atoms with van der Waals surface area (Å²) in [6.07, 6.45) is 0. The maximum Gasteiger partial charge on any atom is 0.0281 e. The minimum Gasteiger partial charge on any atom is -0.0616 e. The average Bonchev–Trinajstić information content (AvgIpc) is 2.65. The van der Waals surface area contributed by atoms with Crippen LogP contribution in [0.15, 0.2) is 60.7 Å². The Bertz CT molecular complexity index is 953. The molecular formula is C26H22. The van der Waals surface area contributed by atoms with E-state index in [1.54, 1.807) is 0 Å². The van der Waals surface area contributed by atoms with Crippen LogP contribution < -0.4 is 0 Å².